The summed E-state index contributed by atoms with van der Waals surface area (Å²) >= 11 is 0. The Morgan fingerprint density at radius 3 is 2.18 bits per heavy atom. The topological polar surface area (TPSA) is 61.4 Å². The molecule has 1 heterocycles. The van der Waals surface area contributed by atoms with Gasteiger partial charge in [-0.25, -0.2) is 0 Å². The SMILES string of the molecule is C[C@@H]1C[C@H](C)CN(Cc2ccc(CNC(=O)CCNC(=O)[C@@H]3C[C@@H]3C)cc2)C1. The molecule has 1 aliphatic carbocycles. The lowest BCUT2D eigenvalue weighted by molar-refractivity contribution is -0.123. The molecular formula is C23H35N3O2. The fourth-order valence-electron chi connectivity index (χ4n) is 4.35. The fourth-order valence-corrected chi connectivity index (χ4v) is 4.35. The first-order valence-electron chi connectivity index (χ1n) is 10.7. The Labute approximate surface area is 169 Å². The Hall–Kier alpha value is -1.88. The minimum Gasteiger partial charge on any atom is -0.355 e. The van der Waals surface area contributed by atoms with Gasteiger partial charge < -0.3 is 10.6 Å². The standard InChI is InChI=1S/C23H35N3O2/c1-16-10-17(2)14-26(13-16)15-20-6-4-19(5-7-20)12-25-22(27)8-9-24-23(28)21-11-18(21)3/h4-7,16-18,21H,8-15H2,1-3H3,(H,24,28)(H,25,27)/t16-,17+,18-,21+/m0/s1. The monoisotopic (exact) mass is 385 g/mol. The third kappa shape index (κ3) is 6.33. The normalized spacial score (nSPS) is 27.2. The van der Waals surface area contributed by atoms with Crippen LogP contribution in [0.25, 0.3) is 0 Å². The minimum atomic E-state index is -0.0236. The number of rotatable bonds is 8. The molecule has 5 nitrogen and oxygen atoms in total. The molecule has 1 saturated carbocycles. The zero-order chi connectivity index (χ0) is 20.1. The van der Waals surface area contributed by atoms with Gasteiger partial charge >= 0.3 is 0 Å². The molecule has 2 N–H and O–H groups in total. The van der Waals surface area contributed by atoms with Gasteiger partial charge in [0, 0.05) is 45.1 Å². The van der Waals surface area contributed by atoms with E-state index in [-0.39, 0.29) is 17.7 Å². The van der Waals surface area contributed by atoms with Crippen LogP contribution in [0.1, 0.15) is 51.2 Å². The molecule has 4 atom stereocenters. The van der Waals surface area contributed by atoms with Gasteiger partial charge in [0.15, 0.2) is 0 Å². The number of hydrogen-bond acceptors (Lipinski definition) is 3. The number of nitrogens with zero attached hydrogens (tertiary/aromatic N) is 1. The van der Waals surface area contributed by atoms with Crippen LogP contribution in [0.15, 0.2) is 24.3 Å². The van der Waals surface area contributed by atoms with Crippen molar-refractivity contribution in [1.82, 2.24) is 15.5 Å². The van der Waals surface area contributed by atoms with E-state index < -0.39 is 0 Å². The molecule has 2 amide bonds. The third-order valence-electron chi connectivity index (χ3n) is 5.96. The molecular weight excluding hydrogens is 350 g/mol. The summed E-state index contributed by atoms with van der Waals surface area (Å²) in [5, 5.41) is 5.79. The maximum atomic E-state index is 12.0. The first-order valence-corrected chi connectivity index (χ1v) is 10.7. The number of carbonyl (C=O) groups excluding carboxylic acids is 2. The molecule has 0 unspecified atom stereocenters. The van der Waals surface area contributed by atoms with Crippen LogP contribution < -0.4 is 10.6 Å². The van der Waals surface area contributed by atoms with Crippen LogP contribution in [0.2, 0.25) is 0 Å². The van der Waals surface area contributed by atoms with Crippen molar-refractivity contribution in [1.29, 1.82) is 0 Å². The second-order valence-corrected chi connectivity index (χ2v) is 9.09. The fraction of sp³-hybridized carbons (Fsp3) is 0.652. The smallest absolute Gasteiger partial charge is 0.223 e. The van der Waals surface area contributed by atoms with E-state index in [2.05, 4.69) is 60.6 Å². The molecule has 1 aromatic carbocycles. The van der Waals surface area contributed by atoms with Crippen molar-refractivity contribution < 1.29 is 9.59 Å². The highest BCUT2D eigenvalue weighted by molar-refractivity contribution is 5.82. The Morgan fingerprint density at radius 2 is 1.57 bits per heavy atom. The number of amides is 2. The molecule has 28 heavy (non-hydrogen) atoms. The van der Waals surface area contributed by atoms with Crippen molar-refractivity contribution in [2.45, 2.75) is 53.1 Å². The summed E-state index contributed by atoms with van der Waals surface area (Å²) in [6.45, 7) is 11.1. The van der Waals surface area contributed by atoms with E-state index in [1.165, 1.54) is 25.1 Å². The summed E-state index contributed by atoms with van der Waals surface area (Å²) in [4.78, 5) is 26.3. The third-order valence-corrected chi connectivity index (χ3v) is 5.96. The zero-order valence-electron chi connectivity index (χ0n) is 17.5. The molecule has 2 fully saturated rings. The van der Waals surface area contributed by atoms with Gasteiger partial charge in [0.1, 0.15) is 0 Å². The molecule has 0 aromatic heterocycles. The average molecular weight is 386 g/mol. The number of likely N-dealkylation sites (tertiary alicyclic amines) is 1. The second kappa shape index (κ2) is 9.55. The Balaban J connectivity index is 1.34. The van der Waals surface area contributed by atoms with Crippen LogP contribution in [0.4, 0.5) is 0 Å². The van der Waals surface area contributed by atoms with Crippen LogP contribution in [0.5, 0.6) is 0 Å². The highest BCUT2D eigenvalue weighted by atomic mass is 16.2. The molecule has 2 aliphatic rings. The molecule has 5 heteroatoms. The quantitative estimate of drug-likeness (QED) is 0.723. The maximum Gasteiger partial charge on any atom is 0.223 e. The van der Waals surface area contributed by atoms with Crippen molar-refractivity contribution in [3.05, 3.63) is 35.4 Å². The van der Waals surface area contributed by atoms with Gasteiger partial charge in [-0.1, -0.05) is 45.0 Å². The highest BCUT2D eigenvalue weighted by Crippen LogP contribution is 2.37. The molecule has 154 valence electrons. The molecule has 0 radical (unpaired) electrons. The minimum absolute atomic E-state index is 0.0236. The van der Waals surface area contributed by atoms with Crippen molar-refractivity contribution in [3.63, 3.8) is 0 Å². The second-order valence-electron chi connectivity index (χ2n) is 9.09. The summed E-state index contributed by atoms with van der Waals surface area (Å²) in [6.07, 6.45) is 2.64. The van der Waals surface area contributed by atoms with Gasteiger partial charge in [0.05, 0.1) is 0 Å². The summed E-state index contributed by atoms with van der Waals surface area (Å²) in [6, 6.07) is 8.54. The van der Waals surface area contributed by atoms with Gasteiger partial charge in [-0.2, -0.15) is 0 Å². The number of nitrogens with one attached hydrogen (secondary N) is 2. The molecule has 1 aromatic rings. The van der Waals surface area contributed by atoms with E-state index in [0.717, 1.165) is 30.4 Å². The van der Waals surface area contributed by atoms with E-state index in [1.807, 2.05) is 0 Å². The lowest BCUT2D eigenvalue weighted by Crippen LogP contribution is -2.38. The van der Waals surface area contributed by atoms with Gasteiger partial charge in [0.2, 0.25) is 11.8 Å². The van der Waals surface area contributed by atoms with Crippen LogP contribution in [0.3, 0.4) is 0 Å². The van der Waals surface area contributed by atoms with E-state index in [0.29, 0.717) is 25.4 Å². The van der Waals surface area contributed by atoms with Crippen molar-refractivity contribution in [3.8, 4) is 0 Å². The van der Waals surface area contributed by atoms with Crippen molar-refractivity contribution >= 4 is 11.8 Å². The largest absolute Gasteiger partial charge is 0.355 e. The first-order chi connectivity index (χ1) is 13.4. The van der Waals surface area contributed by atoms with Crippen LogP contribution in [0, 0.1) is 23.7 Å². The Bertz CT molecular complexity index is 663. The molecule has 3 rings (SSSR count). The lowest BCUT2D eigenvalue weighted by Gasteiger charge is -2.35. The summed E-state index contributed by atoms with van der Waals surface area (Å²) < 4.78 is 0. The van der Waals surface area contributed by atoms with E-state index in [9.17, 15) is 9.59 Å². The number of piperidine rings is 1. The molecule has 1 saturated heterocycles. The van der Waals surface area contributed by atoms with Crippen LogP contribution >= 0.6 is 0 Å². The molecule has 1 aliphatic heterocycles. The van der Waals surface area contributed by atoms with Crippen molar-refractivity contribution in [2.75, 3.05) is 19.6 Å². The average Bonchev–Trinajstić information content (AvgIpc) is 3.37. The number of hydrogen-bond donors (Lipinski definition) is 2. The van der Waals surface area contributed by atoms with Gasteiger partial charge in [0.25, 0.3) is 0 Å². The Kier molecular flexibility index (Phi) is 7.11. The predicted molar refractivity (Wildman–Crippen MR) is 111 cm³/mol. The molecule has 0 bridgehead atoms. The highest BCUT2D eigenvalue weighted by Gasteiger charge is 2.38. The first kappa shape index (κ1) is 20.8. The summed E-state index contributed by atoms with van der Waals surface area (Å²) in [5.41, 5.74) is 2.43. The lowest BCUT2D eigenvalue weighted by atomic mass is 9.91. The van der Waals surface area contributed by atoms with Crippen molar-refractivity contribution in [2.24, 2.45) is 23.7 Å². The van der Waals surface area contributed by atoms with Crippen LogP contribution in [-0.2, 0) is 22.7 Å². The zero-order valence-corrected chi connectivity index (χ0v) is 17.5. The Morgan fingerprint density at radius 1 is 0.964 bits per heavy atom. The van der Waals surface area contributed by atoms with E-state index in [4.69, 9.17) is 0 Å². The predicted octanol–water partition coefficient (Wildman–Crippen LogP) is 2.94. The number of carbonyl (C=O) groups is 2. The number of benzene rings is 1. The maximum absolute atomic E-state index is 12.0. The molecule has 0 spiro atoms. The van der Waals surface area contributed by atoms with Gasteiger partial charge in [-0.3, -0.25) is 14.5 Å². The van der Waals surface area contributed by atoms with Crippen LogP contribution in [-0.4, -0.2) is 36.3 Å². The van der Waals surface area contributed by atoms with E-state index >= 15 is 0 Å². The van der Waals surface area contributed by atoms with Gasteiger partial charge in [-0.05, 0) is 41.7 Å². The van der Waals surface area contributed by atoms with E-state index in [1.54, 1.807) is 0 Å². The summed E-state index contributed by atoms with van der Waals surface area (Å²) in [7, 11) is 0. The van der Waals surface area contributed by atoms with Gasteiger partial charge in [-0.15, -0.1) is 0 Å². The summed E-state index contributed by atoms with van der Waals surface area (Å²) in [5.74, 6) is 2.28.